The van der Waals surface area contributed by atoms with Crippen molar-refractivity contribution >= 4 is 38.6 Å². The van der Waals surface area contributed by atoms with Crippen molar-refractivity contribution < 1.29 is 13.9 Å². The Morgan fingerprint density at radius 3 is 3.03 bits per heavy atom. The molecule has 2 N–H and O–H groups in total. The molecule has 1 saturated heterocycles. The van der Waals surface area contributed by atoms with Gasteiger partial charge in [0.25, 0.3) is 5.19 Å². The van der Waals surface area contributed by atoms with Crippen LogP contribution in [0.4, 0.5) is 0 Å². The molecule has 5 rings (SSSR count). The van der Waals surface area contributed by atoms with Crippen molar-refractivity contribution in [3.05, 3.63) is 48.4 Å². The lowest BCUT2D eigenvalue weighted by Crippen LogP contribution is -2.44. The van der Waals surface area contributed by atoms with E-state index in [9.17, 15) is 4.79 Å². The quantitative estimate of drug-likeness (QED) is 0.469. The van der Waals surface area contributed by atoms with Gasteiger partial charge in [-0.2, -0.15) is 4.98 Å². The second-order valence-electron chi connectivity index (χ2n) is 7.92. The molecule has 31 heavy (non-hydrogen) atoms. The Morgan fingerprint density at radius 2 is 2.23 bits per heavy atom. The predicted octanol–water partition coefficient (Wildman–Crippen LogP) is 4.28. The topological polar surface area (TPSA) is 89.3 Å². The highest BCUT2D eigenvalue weighted by molar-refractivity contribution is 7.20. The summed E-state index contributed by atoms with van der Waals surface area (Å²) < 4.78 is 12.8. The summed E-state index contributed by atoms with van der Waals surface area (Å²) in [5, 5.41) is 8.15. The van der Waals surface area contributed by atoms with Crippen LogP contribution in [-0.2, 0) is 11.2 Å². The van der Waals surface area contributed by atoms with E-state index in [0.29, 0.717) is 22.5 Å². The number of amides is 1. The molecule has 1 unspecified atom stereocenters. The molecule has 0 bridgehead atoms. The second kappa shape index (κ2) is 8.64. The van der Waals surface area contributed by atoms with Gasteiger partial charge in [0.05, 0.1) is 11.0 Å². The van der Waals surface area contributed by atoms with Crippen LogP contribution in [0.1, 0.15) is 25.3 Å². The van der Waals surface area contributed by atoms with Gasteiger partial charge in [-0.3, -0.25) is 4.79 Å². The molecule has 1 amide bonds. The Balaban J connectivity index is 1.36. The molecule has 160 valence electrons. The number of carbonyl (C=O) groups excluding carboxylic acids is 1. The smallest absolute Gasteiger partial charge is 0.281 e. The fraction of sp³-hybridized carbons (Fsp3) is 0.348. The number of nitrogens with zero attached hydrogens (tertiary/aromatic N) is 2. The molecule has 1 fully saturated rings. The standard InChI is InChI=1S/C23H24N4O3S/c1-14(28)26-19(15-6-9-24-10-7-15)11-16-13-29-20-12-17(4-5-18(16)20)30-23-27-22-21(31-23)3-2-8-25-22/h2-5,8,12-13,15,19,24H,6-7,9-11H2,1H3,(H,26,28). The Bertz CT molecular complexity index is 1180. The second-order valence-corrected chi connectivity index (χ2v) is 8.92. The number of aromatic nitrogens is 2. The number of thiazole rings is 1. The van der Waals surface area contributed by atoms with Crippen LogP contribution in [0.3, 0.4) is 0 Å². The van der Waals surface area contributed by atoms with E-state index in [1.165, 1.54) is 11.3 Å². The van der Waals surface area contributed by atoms with E-state index >= 15 is 0 Å². The van der Waals surface area contributed by atoms with Crippen molar-refractivity contribution in [1.29, 1.82) is 0 Å². The minimum absolute atomic E-state index is 0.0114. The zero-order chi connectivity index (χ0) is 21.2. The maximum Gasteiger partial charge on any atom is 0.281 e. The van der Waals surface area contributed by atoms with Crippen molar-refractivity contribution in [3.63, 3.8) is 0 Å². The van der Waals surface area contributed by atoms with Gasteiger partial charge in [-0.1, -0.05) is 11.3 Å². The number of nitrogens with one attached hydrogen (secondary N) is 2. The van der Waals surface area contributed by atoms with Gasteiger partial charge in [0.15, 0.2) is 5.65 Å². The number of hydrogen-bond acceptors (Lipinski definition) is 7. The molecule has 0 saturated carbocycles. The van der Waals surface area contributed by atoms with E-state index in [-0.39, 0.29) is 11.9 Å². The molecular formula is C23H24N4O3S. The first-order valence-corrected chi connectivity index (χ1v) is 11.3. The van der Waals surface area contributed by atoms with E-state index in [0.717, 1.165) is 53.6 Å². The summed E-state index contributed by atoms with van der Waals surface area (Å²) in [6.07, 6.45) is 6.40. The van der Waals surface area contributed by atoms with Crippen LogP contribution in [0, 0.1) is 5.92 Å². The fourth-order valence-electron chi connectivity index (χ4n) is 4.26. The third-order valence-electron chi connectivity index (χ3n) is 5.76. The van der Waals surface area contributed by atoms with E-state index in [1.807, 2.05) is 30.3 Å². The van der Waals surface area contributed by atoms with Gasteiger partial charge in [0, 0.05) is 36.2 Å². The summed E-state index contributed by atoms with van der Waals surface area (Å²) in [6.45, 7) is 3.58. The Kier molecular flexibility index (Phi) is 5.57. The van der Waals surface area contributed by atoms with Crippen LogP contribution in [0.25, 0.3) is 21.3 Å². The summed E-state index contributed by atoms with van der Waals surface area (Å²) >= 11 is 1.46. The van der Waals surface area contributed by atoms with Crippen molar-refractivity contribution in [2.45, 2.75) is 32.2 Å². The molecule has 1 aliphatic heterocycles. The van der Waals surface area contributed by atoms with Gasteiger partial charge < -0.3 is 19.8 Å². The summed E-state index contributed by atoms with van der Waals surface area (Å²) in [6, 6.07) is 9.80. The molecule has 0 radical (unpaired) electrons. The van der Waals surface area contributed by atoms with Crippen LogP contribution in [0.5, 0.6) is 10.9 Å². The number of ether oxygens (including phenoxy) is 1. The van der Waals surface area contributed by atoms with Crippen molar-refractivity contribution in [2.24, 2.45) is 5.92 Å². The summed E-state index contributed by atoms with van der Waals surface area (Å²) in [5.74, 6) is 1.15. The van der Waals surface area contributed by atoms with Gasteiger partial charge in [-0.05, 0) is 62.5 Å². The lowest BCUT2D eigenvalue weighted by molar-refractivity contribution is -0.120. The first-order chi connectivity index (χ1) is 15.2. The highest BCUT2D eigenvalue weighted by Crippen LogP contribution is 2.33. The summed E-state index contributed by atoms with van der Waals surface area (Å²) in [4.78, 5) is 20.5. The van der Waals surface area contributed by atoms with Crippen molar-refractivity contribution in [2.75, 3.05) is 13.1 Å². The van der Waals surface area contributed by atoms with E-state index in [2.05, 4.69) is 20.6 Å². The van der Waals surface area contributed by atoms with E-state index in [4.69, 9.17) is 9.15 Å². The molecular weight excluding hydrogens is 412 g/mol. The number of rotatable bonds is 6. The van der Waals surface area contributed by atoms with Crippen LogP contribution >= 0.6 is 11.3 Å². The zero-order valence-electron chi connectivity index (χ0n) is 17.3. The maximum absolute atomic E-state index is 11.8. The summed E-state index contributed by atoms with van der Waals surface area (Å²) in [5.41, 5.74) is 2.55. The number of pyridine rings is 1. The van der Waals surface area contributed by atoms with Crippen LogP contribution in [0.2, 0.25) is 0 Å². The third-order valence-corrected chi connectivity index (χ3v) is 6.65. The molecule has 0 aliphatic carbocycles. The highest BCUT2D eigenvalue weighted by atomic mass is 32.1. The number of furan rings is 1. The number of piperidine rings is 1. The minimum Gasteiger partial charge on any atom is -0.464 e. The SMILES string of the molecule is CC(=O)NC(Cc1coc2cc(Oc3nc4ncccc4s3)ccc12)C1CCNCC1. The maximum atomic E-state index is 11.8. The third kappa shape index (κ3) is 4.40. The van der Waals surface area contributed by atoms with Gasteiger partial charge in [-0.25, -0.2) is 4.98 Å². The largest absolute Gasteiger partial charge is 0.464 e. The van der Waals surface area contributed by atoms with Crippen LogP contribution in [-0.4, -0.2) is 35.0 Å². The van der Waals surface area contributed by atoms with Gasteiger partial charge >= 0.3 is 0 Å². The van der Waals surface area contributed by atoms with Crippen LogP contribution in [0.15, 0.2) is 47.2 Å². The number of carbonyl (C=O) groups is 1. The number of fused-ring (bicyclic) bond motifs is 2. The Labute approximate surface area is 183 Å². The molecule has 0 spiro atoms. The minimum atomic E-state index is 0.0114. The molecule has 4 aromatic rings. The zero-order valence-corrected chi connectivity index (χ0v) is 18.1. The Morgan fingerprint density at radius 1 is 1.35 bits per heavy atom. The van der Waals surface area contributed by atoms with E-state index in [1.54, 1.807) is 19.4 Å². The van der Waals surface area contributed by atoms with Crippen LogP contribution < -0.4 is 15.4 Å². The highest BCUT2D eigenvalue weighted by Gasteiger charge is 2.25. The predicted molar refractivity (Wildman–Crippen MR) is 121 cm³/mol. The van der Waals surface area contributed by atoms with Gasteiger partial charge in [0.1, 0.15) is 11.3 Å². The van der Waals surface area contributed by atoms with E-state index < -0.39 is 0 Å². The number of benzene rings is 1. The molecule has 1 aromatic carbocycles. The molecule has 4 heterocycles. The molecule has 1 atom stereocenters. The lowest BCUT2D eigenvalue weighted by Gasteiger charge is -2.31. The number of hydrogen-bond donors (Lipinski definition) is 2. The molecule has 3 aromatic heterocycles. The monoisotopic (exact) mass is 436 g/mol. The molecule has 7 nitrogen and oxygen atoms in total. The fourth-order valence-corrected chi connectivity index (χ4v) is 5.05. The first-order valence-electron chi connectivity index (χ1n) is 10.5. The van der Waals surface area contributed by atoms with Gasteiger partial charge in [-0.15, -0.1) is 0 Å². The molecule has 1 aliphatic rings. The molecule has 8 heteroatoms. The average molecular weight is 437 g/mol. The Hall–Kier alpha value is -2.97. The average Bonchev–Trinajstić information content (AvgIpc) is 3.36. The lowest BCUT2D eigenvalue weighted by atomic mass is 9.86. The van der Waals surface area contributed by atoms with Crippen molar-refractivity contribution in [1.82, 2.24) is 20.6 Å². The summed E-state index contributed by atoms with van der Waals surface area (Å²) in [7, 11) is 0. The normalized spacial score (nSPS) is 15.9. The first kappa shape index (κ1) is 20.0. The van der Waals surface area contributed by atoms with Crippen molar-refractivity contribution in [3.8, 4) is 10.9 Å². The van der Waals surface area contributed by atoms with Gasteiger partial charge in [0.2, 0.25) is 5.91 Å².